The van der Waals surface area contributed by atoms with Gasteiger partial charge in [0.25, 0.3) is 0 Å². The van der Waals surface area contributed by atoms with Crippen LogP contribution in [0.2, 0.25) is 0 Å². The van der Waals surface area contributed by atoms with Crippen LogP contribution < -0.4 is 0 Å². The smallest absolute Gasteiger partial charge is 0.123 e. The van der Waals surface area contributed by atoms with Gasteiger partial charge in [-0.1, -0.05) is 18.2 Å². The third kappa shape index (κ3) is 1.14. The van der Waals surface area contributed by atoms with E-state index in [-0.39, 0.29) is 5.82 Å². The fraction of sp³-hybridized carbons (Fsp3) is 0.200. The number of halogens is 1. The lowest BCUT2D eigenvalue weighted by molar-refractivity contribution is 0.180. The topological polar surface area (TPSA) is 20.2 Å². The molecule has 1 aliphatic carbocycles. The van der Waals surface area contributed by atoms with Gasteiger partial charge in [0.2, 0.25) is 0 Å². The summed E-state index contributed by atoms with van der Waals surface area (Å²) in [6, 6.07) is 4.45. The van der Waals surface area contributed by atoms with Crippen molar-refractivity contribution in [1.29, 1.82) is 0 Å². The molecule has 0 aliphatic heterocycles. The van der Waals surface area contributed by atoms with Crippen LogP contribution in [0.25, 0.3) is 6.08 Å². The Kier molecular flexibility index (Phi) is 1.70. The van der Waals surface area contributed by atoms with Crippen LogP contribution in [0.15, 0.2) is 24.3 Å². The largest absolute Gasteiger partial charge is 0.388 e. The van der Waals surface area contributed by atoms with E-state index in [2.05, 4.69) is 0 Å². The summed E-state index contributed by atoms with van der Waals surface area (Å²) < 4.78 is 12.7. The van der Waals surface area contributed by atoms with Crippen molar-refractivity contribution >= 4 is 6.08 Å². The van der Waals surface area contributed by atoms with E-state index in [0.29, 0.717) is 6.42 Å². The summed E-state index contributed by atoms with van der Waals surface area (Å²) in [5.41, 5.74) is 1.60. The van der Waals surface area contributed by atoms with Crippen LogP contribution in [0.5, 0.6) is 0 Å². The van der Waals surface area contributed by atoms with Crippen molar-refractivity contribution < 1.29 is 9.50 Å². The Labute approximate surface area is 70.2 Å². The molecule has 0 radical (unpaired) electrons. The number of benzene rings is 1. The van der Waals surface area contributed by atoms with Crippen molar-refractivity contribution in [3.05, 3.63) is 41.2 Å². The Morgan fingerprint density at radius 3 is 3.08 bits per heavy atom. The predicted octanol–water partition coefficient (Wildman–Crippen LogP) is 2.28. The highest BCUT2D eigenvalue weighted by atomic mass is 19.1. The van der Waals surface area contributed by atoms with Crippen molar-refractivity contribution in [1.82, 2.24) is 0 Å². The Hall–Kier alpha value is -1.15. The molecule has 0 saturated carbocycles. The van der Waals surface area contributed by atoms with Crippen LogP contribution in [0.4, 0.5) is 4.39 Å². The Bertz CT molecular complexity index is 331. The lowest BCUT2D eigenvalue weighted by atomic mass is 9.95. The molecule has 0 aromatic heterocycles. The number of rotatable bonds is 0. The fourth-order valence-corrected chi connectivity index (χ4v) is 1.44. The molecule has 12 heavy (non-hydrogen) atoms. The van der Waals surface area contributed by atoms with Gasteiger partial charge in [0.05, 0.1) is 6.10 Å². The molecule has 1 nitrogen and oxygen atoms in total. The third-order valence-corrected chi connectivity index (χ3v) is 2.06. The predicted molar refractivity (Wildman–Crippen MR) is 45.0 cm³/mol. The molecule has 2 rings (SSSR count). The number of fused-ring (bicyclic) bond motifs is 1. The SMILES string of the molecule is O[C@@H]1CC=Cc2cc(F)ccc21. The van der Waals surface area contributed by atoms with Crippen LogP contribution in [-0.2, 0) is 0 Å². The standard InChI is InChI=1S/C10H9FO/c11-8-4-5-9-7(6-8)2-1-3-10(9)12/h1-2,4-6,10,12H,3H2/t10-/m1/s1. The molecule has 0 spiro atoms. The Morgan fingerprint density at radius 1 is 1.42 bits per heavy atom. The van der Waals surface area contributed by atoms with Crippen molar-refractivity contribution in [3.8, 4) is 0 Å². The molecule has 0 amide bonds. The van der Waals surface area contributed by atoms with Gasteiger partial charge in [-0.15, -0.1) is 0 Å². The Balaban J connectivity index is 2.55. The van der Waals surface area contributed by atoms with Gasteiger partial charge in [-0.05, 0) is 29.7 Å². The number of hydrogen-bond donors (Lipinski definition) is 1. The first-order valence-corrected chi connectivity index (χ1v) is 3.91. The van der Waals surface area contributed by atoms with Crippen LogP contribution in [0.1, 0.15) is 23.7 Å². The quantitative estimate of drug-likeness (QED) is 0.623. The van der Waals surface area contributed by atoms with Crippen molar-refractivity contribution in [2.45, 2.75) is 12.5 Å². The number of aliphatic hydroxyl groups is 1. The highest BCUT2D eigenvalue weighted by Crippen LogP contribution is 2.27. The first kappa shape index (κ1) is 7.50. The maximum absolute atomic E-state index is 12.7. The summed E-state index contributed by atoms with van der Waals surface area (Å²) >= 11 is 0. The highest BCUT2D eigenvalue weighted by Gasteiger charge is 2.13. The summed E-state index contributed by atoms with van der Waals surface area (Å²) in [7, 11) is 0. The van der Waals surface area contributed by atoms with Crippen LogP contribution in [-0.4, -0.2) is 5.11 Å². The van der Waals surface area contributed by atoms with E-state index in [0.717, 1.165) is 11.1 Å². The van der Waals surface area contributed by atoms with Crippen LogP contribution >= 0.6 is 0 Å². The van der Waals surface area contributed by atoms with Gasteiger partial charge in [-0.25, -0.2) is 4.39 Å². The minimum atomic E-state index is -0.467. The molecule has 0 heterocycles. The van der Waals surface area contributed by atoms with Gasteiger partial charge in [-0.2, -0.15) is 0 Å². The summed E-state index contributed by atoms with van der Waals surface area (Å²) in [4.78, 5) is 0. The van der Waals surface area contributed by atoms with Gasteiger partial charge in [0.1, 0.15) is 5.82 Å². The van der Waals surface area contributed by atoms with Crippen LogP contribution in [0.3, 0.4) is 0 Å². The minimum Gasteiger partial charge on any atom is -0.388 e. The van der Waals surface area contributed by atoms with Crippen molar-refractivity contribution in [2.24, 2.45) is 0 Å². The van der Waals surface area contributed by atoms with E-state index in [9.17, 15) is 9.50 Å². The van der Waals surface area contributed by atoms with E-state index in [1.807, 2.05) is 12.2 Å². The molecule has 2 heteroatoms. The second-order valence-electron chi connectivity index (χ2n) is 2.93. The molecule has 1 aromatic rings. The van der Waals surface area contributed by atoms with Gasteiger partial charge in [0.15, 0.2) is 0 Å². The molecular formula is C10H9FO. The van der Waals surface area contributed by atoms with Gasteiger partial charge >= 0.3 is 0 Å². The lowest BCUT2D eigenvalue weighted by Gasteiger charge is -2.15. The Morgan fingerprint density at radius 2 is 2.25 bits per heavy atom. The summed E-state index contributed by atoms with van der Waals surface area (Å²) in [5, 5.41) is 9.48. The normalized spacial score (nSPS) is 20.7. The van der Waals surface area contributed by atoms with Crippen molar-refractivity contribution in [3.63, 3.8) is 0 Å². The molecule has 1 aliphatic rings. The molecule has 0 bridgehead atoms. The molecular weight excluding hydrogens is 155 g/mol. The number of aliphatic hydroxyl groups excluding tert-OH is 1. The lowest BCUT2D eigenvalue weighted by Crippen LogP contribution is -2.02. The third-order valence-electron chi connectivity index (χ3n) is 2.06. The maximum atomic E-state index is 12.7. The van der Waals surface area contributed by atoms with E-state index < -0.39 is 6.10 Å². The monoisotopic (exact) mass is 164 g/mol. The van der Waals surface area contributed by atoms with E-state index in [1.54, 1.807) is 6.07 Å². The average molecular weight is 164 g/mol. The molecule has 1 N–H and O–H groups in total. The second kappa shape index (κ2) is 2.72. The summed E-state index contributed by atoms with van der Waals surface area (Å²) in [6.45, 7) is 0. The molecule has 0 fully saturated rings. The summed E-state index contributed by atoms with van der Waals surface area (Å²) in [5.74, 6) is -0.257. The zero-order valence-electron chi connectivity index (χ0n) is 6.50. The highest BCUT2D eigenvalue weighted by molar-refractivity contribution is 5.57. The zero-order chi connectivity index (χ0) is 8.55. The number of hydrogen-bond acceptors (Lipinski definition) is 1. The molecule has 0 saturated heterocycles. The average Bonchev–Trinajstić information content (AvgIpc) is 2.04. The first-order valence-electron chi connectivity index (χ1n) is 3.91. The van der Waals surface area contributed by atoms with Gasteiger partial charge in [0, 0.05) is 0 Å². The second-order valence-corrected chi connectivity index (χ2v) is 2.93. The van der Waals surface area contributed by atoms with E-state index in [1.165, 1.54) is 12.1 Å². The zero-order valence-corrected chi connectivity index (χ0v) is 6.50. The van der Waals surface area contributed by atoms with Gasteiger partial charge in [-0.3, -0.25) is 0 Å². The fourth-order valence-electron chi connectivity index (χ4n) is 1.44. The molecule has 1 atom stereocenters. The van der Waals surface area contributed by atoms with E-state index in [4.69, 9.17) is 0 Å². The van der Waals surface area contributed by atoms with Gasteiger partial charge < -0.3 is 5.11 Å². The minimum absolute atomic E-state index is 0.257. The molecule has 0 unspecified atom stereocenters. The summed E-state index contributed by atoms with van der Waals surface area (Å²) in [6.07, 6.45) is 3.85. The maximum Gasteiger partial charge on any atom is 0.123 e. The van der Waals surface area contributed by atoms with Crippen molar-refractivity contribution in [2.75, 3.05) is 0 Å². The molecule has 62 valence electrons. The first-order chi connectivity index (χ1) is 5.77. The van der Waals surface area contributed by atoms with Crippen LogP contribution in [0, 0.1) is 5.82 Å². The van der Waals surface area contributed by atoms with E-state index >= 15 is 0 Å². The molecule has 1 aromatic carbocycles.